The maximum Gasteiger partial charge on any atom is 0.389 e. The van der Waals surface area contributed by atoms with E-state index < -0.39 is 79.6 Å². The van der Waals surface area contributed by atoms with Crippen LogP contribution >= 0.6 is 0 Å². The Hall–Kier alpha value is -3.97. The Morgan fingerprint density at radius 1 is 1.00 bits per heavy atom. The number of benzene rings is 2. The van der Waals surface area contributed by atoms with Crippen LogP contribution in [0.5, 0.6) is 0 Å². The van der Waals surface area contributed by atoms with Gasteiger partial charge in [-0.05, 0) is 37.5 Å². The van der Waals surface area contributed by atoms with E-state index in [9.17, 15) is 50.2 Å². The molecule has 0 bridgehead atoms. The number of rotatable bonds is 9. The van der Waals surface area contributed by atoms with Crippen LogP contribution in [0.4, 0.5) is 36.4 Å². The average Bonchev–Trinajstić information content (AvgIpc) is 2.97. The maximum atomic E-state index is 14.0. The first-order valence-corrected chi connectivity index (χ1v) is 12.0. The molecule has 0 aliphatic carbocycles. The van der Waals surface area contributed by atoms with Crippen molar-refractivity contribution in [2.24, 2.45) is 16.8 Å². The maximum absolute atomic E-state index is 14.0. The number of hydrogen-bond acceptors (Lipinski definition) is 4. The van der Waals surface area contributed by atoms with E-state index in [1.807, 2.05) is 0 Å². The van der Waals surface area contributed by atoms with Crippen molar-refractivity contribution in [2.45, 2.75) is 51.1 Å². The van der Waals surface area contributed by atoms with Gasteiger partial charge in [0, 0.05) is 24.0 Å². The predicted octanol–water partition coefficient (Wildman–Crippen LogP) is 5.37. The van der Waals surface area contributed by atoms with Gasteiger partial charge in [0.2, 0.25) is 12.1 Å². The Morgan fingerprint density at radius 3 is 2.17 bits per heavy atom. The predicted molar refractivity (Wildman–Crippen MR) is 129 cm³/mol. The number of para-hydroxylation sites is 1. The number of carbonyl (C=O) groups is 3. The molecule has 2 amide bonds. The van der Waals surface area contributed by atoms with Crippen LogP contribution in [0.2, 0.25) is 0 Å². The second kappa shape index (κ2) is 12.0. The Labute approximate surface area is 223 Å². The fraction of sp³-hybridized carbons (Fsp3) is 0.385. The molecule has 3 rings (SSSR count). The van der Waals surface area contributed by atoms with Crippen LogP contribution in [0.1, 0.15) is 42.4 Å². The molecule has 0 aromatic heterocycles. The molecule has 0 fully saturated rings. The zero-order valence-corrected chi connectivity index (χ0v) is 20.9. The van der Waals surface area contributed by atoms with Crippen molar-refractivity contribution in [1.82, 2.24) is 5.32 Å². The third-order valence-corrected chi connectivity index (χ3v) is 6.28. The SMILES string of the molecule is Cc1cccc2c1NC(=O)[C@@H](NC(=O)C(CCC(F)(F)F)C(CCC(F)(F)F)C(=O)O)N=C2c1cccc(F)c1. The largest absolute Gasteiger partial charge is 0.481 e. The van der Waals surface area contributed by atoms with E-state index in [0.29, 0.717) is 11.1 Å². The summed E-state index contributed by atoms with van der Waals surface area (Å²) in [5.74, 6) is -9.11. The number of nitrogens with zero attached hydrogens (tertiary/aromatic N) is 1. The fourth-order valence-electron chi connectivity index (χ4n) is 4.34. The average molecular weight is 575 g/mol. The van der Waals surface area contributed by atoms with Gasteiger partial charge in [0.05, 0.1) is 23.2 Å². The first-order valence-electron chi connectivity index (χ1n) is 12.0. The van der Waals surface area contributed by atoms with Crippen molar-refractivity contribution in [3.63, 3.8) is 0 Å². The summed E-state index contributed by atoms with van der Waals surface area (Å²) in [6.07, 6.45) is -17.1. The molecule has 0 spiro atoms. The molecule has 2 unspecified atom stereocenters. The van der Waals surface area contributed by atoms with Crippen molar-refractivity contribution >= 4 is 29.2 Å². The quantitative estimate of drug-likeness (QED) is 0.350. The number of aliphatic imine (C=N–C) groups is 1. The van der Waals surface area contributed by atoms with Gasteiger partial charge in [0.25, 0.3) is 5.91 Å². The molecule has 2 aromatic rings. The summed E-state index contributed by atoms with van der Waals surface area (Å²) in [5, 5.41) is 14.2. The molecule has 7 nitrogen and oxygen atoms in total. The summed E-state index contributed by atoms with van der Waals surface area (Å²) in [6, 6.07) is 9.91. The minimum Gasteiger partial charge on any atom is -0.481 e. The number of aliphatic carboxylic acids is 1. The minimum atomic E-state index is -4.84. The molecule has 3 N–H and O–H groups in total. The second-order valence-electron chi connectivity index (χ2n) is 9.24. The van der Waals surface area contributed by atoms with Crippen LogP contribution in [0.25, 0.3) is 0 Å². The van der Waals surface area contributed by atoms with E-state index in [-0.39, 0.29) is 17.0 Å². The zero-order chi connectivity index (χ0) is 29.8. The van der Waals surface area contributed by atoms with Gasteiger partial charge in [-0.3, -0.25) is 14.4 Å². The lowest BCUT2D eigenvalue weighted by Gasteiger charge is -2.25. The number of hydrogen-bond donors (Lipinski definition) is 3. The fourth-order valence-corrected chi connectivity index (χ4v) is 4.34. The topological polar surface area (TPSA) is 108 Å². The smallest absolute Gasteiger partial charge is 0.389 e. The van der Waals surface area contributed by atoms with E-state index in [1.165, 1.54) is 12.1 Å². The first-order chi connectivity index (χ1) is 18.6. The Bertz CT molecular complexity index is 1310. The number of anilines is 1. The molecule has 0 saturated carbocycles. The second-order valence-corrected chi connectivity index (χ2v) is 9.24. The summed E-state index contributed by atoms with van der Waals surface area (Å²) < 4.78 is 91.4. The van der Waals surface area contributed by atoms with Crippen LogP contribution in [-0.2, 0) is 14.4 Å². The van der Waals surface area contributed by atoms with E-state index >= 15 is 0 Å². The first kappa shape index (κ1) is 30.6. The number of alkyl halides is 6. The zero-order valence-electron chi connectivity index (χ0n) is 20.9. The molecule has 2 aromatic carbocycles. The van der Waals surface area contributed by atoms with Crippen LogP contribution < -0.4 is 10.6 Å². The molecule has 0 saturated heterocycles. The molecule has 1 heterocycles. The van der Waals surface area contributed by atoms with Gasteiger partial charge in [0.15, 0.2) is 0 Å². The Morgan fingerprint density at radius 2 is 1.60 bits per heavy atom. The van der Waals surface area contributed by atoms with E-state index in [0.717, 1.165) is 12.1 Å². The Balaban J connectivity index is 2.02. The molecule has 40 heavy (non-hydrogen) atoms. The highest BCUT2D eigenvalue weighted by molar-refractivity contribution is 6.20. The number of fused-ring (bicyclic) bond motifs is 1. The summed E-state index contributed by atoms with van der Waals surface area (Å²) in [5.41, 5.74) is 1.36. The number of nitrogens with one attached hydrogen (secondary N) is 2. The number of carboxylic acid groups (broad SMARTS) is 1. The van der Waals surface area contributed by atoms with Crippen molar-refractivity contribution in [3.8, 4) is 0 Å². The molecule has 1 aliphatic heterocycles. The third-order valence-electron chi connectivity index (χ3n) is 6.28. The summed E-state index contributed by atoms with van der Waals surface area (Å²) in [4.78, 5) is 42.2. The summed E-state index contributed by atoms with van der Waals surface area (Å²) in [7, 11) is 0. The van der Waals surface area contributed by atoms with Gasteiger partial charge >= 0.3 is 18.3 Å². The van der Waals surface area contributed by atoms with Crippen molar-refractivity contribution < 1.29 is 50.2 Å². The molecule has 3 atom stereocenters. The van der Waals surface area contributed by atoms with Crippen LogP contribution in [0.15, 0.2) is 47.5 Å². The summed E-state index contributed by atoms with van der Waals surface area (Å²) >= 11 is 0. The number of aryl methyl sites for hydroxylation is 1. The number of halogens is 7. The van der Waals surface area contributed by atoms with Gasteiger partial charge in [0.1, 0.15) is 5.82 Å². The minimum absolute atomic E-state index is 0.0283. The molecule has 216 valence electrons. The highest BCUT2D eigenvalue weighted by atomic mass is 19.4. The molecular weight excluding hydrogens is 551 g/mol. The van der Waals surface area contributed by atoms with Crippen molar-refractivity contribution in [1.29, 1.82) is 0 Å². The van der Waals surface area contributed by atoms with E-state index in [2.05, 4.69) is 15.6 Å². The van der Waals surface area contributed by atoms with E-state index in [1.54, 1.807) is 25.1 Å². The number of amides is 2. The van der Waals surface area contributed by atoms with Gasteiger partial charge in [-0.15, -0.1) is 0 Å². The standard InChI is InChI=1S/C26H24F7N3O4/c1-13-4-2-7-18-19(13)35-23(38)21(34-20(18)14-5-3-6-15(27)12-14)36-22(37)16(8-10-25(28,29)30)17(24(39)40)9-11-26(31,32)33/h2-7,12,16-17,21H,8-11H2,1H3,(H,35,38)(H,36,37)(H,39,40)/t16?,17?,21-/m1/s1. The summed E-state index contributed by atoms with van der Waals surface area (Å²) in [6.45, 7) is 1.65. The molecule has 0 radical (unpaired) electrons. The van der Waals surface area contributed by atoms with Gasteiger partial charge in [-0.2, -0.15) is 26.3 Å². The van der Waals surface area contributed by atoms with Crippen LogP contribution in [0, 0.1) is 24.6 Å². The molecule has 1 aliphatic rings. The lowest BCUT2D eigenvalue weighted by atomic mass is 9.84. The highest BCUT2D eigenvalue weighted by Gasteiger charge is 2.41. The lowest BCUT2D eigenvalue weighted by Crippen LogP contribution is -2.47. The Kier molecular flexibility index (Phi) is 9.21. The number of carbonyl (C=O) groups excluding carboxylic acids is 2. The molecular formula is C26H24F7N3O4. The van der Waals surface area contributed by atoms with Gasteiger partial charge in [-0.1, -0.05) is 30.3 Å². The monoisotopic (exact) mass is 575 g/mol. The van der Waals surface area contributed by atoms with Crippen molar-refractivity contribution in [3.05, 3.63) is 65.0 Å². The van der Waals surface area contributed by atoms with E-state index in [4.69, 9.17) is 0 Å². The number of benzodiazepines with no additional fused rings is 1. The lowest BCUT2D eigenvalue weighted by molar-refractivity contribution is -0.159. The normalized spacial score (nSPS) is 17.1. The van der Waals surface area contributed by atoms with Crippen molar-refractivity contribution in [2.75, 3.05) is 5.32 Å². The van der Waals surface area contributed by atoms with Crippen LogP contribution in [-0.4, -0.2) is 47.1 Å². The third kappa shape index (κ3) is 8.02. The highest BCUT2D eigenvalue weighted by Crippen LogP contribution is 2.33. The number of carboxylic acids is 1. The van der Waals surface area contributed by atoms with Gasteiger partial charge in [-0.25, -0.2) is 9.38 Å². The van der Waals surface area contributed by atoms with Gasteiger partial charge < -0.3 is 15.7 Å². The van der Waals surface area contributed by atoms with Crippen LogP contribution in [0.3, 0.4) is 0 Å². The molecule has 14 heteroatoms.